The van der Waals surface area contributed by atoms with Gasteiger partial charge in [-0.2, -0.15) is 0 Å². The van der Waals surface area contributed by atoms with Gasteiger partial charge in [-0.3, -0.25) is 9.59 Å². The molecule has 2 aliphatic rings. The highest BCUT2D eigenvalue weighted by Crippen LogP contribution is 2.13. The number of hydrogen-bond acceptors (Lipinski definition) is 3. The predicted octanol–water partition coefficient (Wildman–Crippen LogP) is 1.77. The third kappa shape index (κ3) is 5.44. The van der Waals surface area contributed by atoms with Crippen molar-refractivity contribution in [1.82, 2.24) is 15.1 Å². The zero-order valence-corrected chi connectivity index (χ0v) is 15.7. The first-order valence-electron chi connectivity index (χ1n) is 8.96. The zero-order valence-electron chi connectivity index (χ0n) is 14.9. The molecule has 3 rings (SSSR count). The molecule has 0 bridgehead atoms. The van der Waals surface area contributed by atoms with Gasteiger partial charge in [0.25, 0.3) is 0 Å². The fourth-order valence-electron chi connectivity index (χ4n) is 3.47. The number of halogens is 1. The van der Waals surface area contributed by atoms with Crippen LogP contribution in [-0.4, -0.2) is 60.4 Å². The molecule has 2 heterocycles. The minimum Gasteiger partial charge on any atom is -0.339 e. The molecule has 2 amide bonds. The van der Waals surface area contributed by atoms with Gasteiger partial charge in [-0.1, -0.05) is 29.8 Å². The number of carbonyl (C=O) groups excluding carboxylic acids is 2. The van der Waals surface area contributed by atoms with E-state index in [2.05, 4.69) is 5.32 Å². The minimum absolute atomic E-state index is 0. The molecule has 2 fully saturated rings. The molecule has 2 aliphatic heterocycles. The van der Waals surface area contributed by atoms with Crippen LogP contribution in [0.4, 0.5) is 0 Å². The molecule has 1 aromatic rings. The molecular formula is C19H28ClN3O2. The number of aryl methyl sites for hydroxylation is 1. The minimum atomic E-state index is 0. The highest BCUT2D eigenvalue weighted by atomic mass is 35.5. The SMILES string of the molecule is Cc1ccc(CC(=O)N2CCN(C(=O)CC3CCCN3)CC2)cc1.Cl. The van der Waals surface area contributed by atoms with Crippen molar-refractivity contribution < 1.29 is 9.59 Å². The van der Waals surface area contributed by atoms with E-state index in [-0.39, 0.29) is 24.2 Å². The molecule has 0 saturated carbocycles. The van der Waals surface area contributed by atoms with E-state index in [0.29, 0.717) is 45.1 Å². The lowest BCUT2D eigenvalue weighted by Gasteiger charge is -2.35. The first-order valence-corrected chi connectivity index (χ1v) is 8.96. The van der Waals surface area contributed by atoms with E-state index in [4.69, 9.17) is 0 Å². The number of amides is 2. The van der Waals surface area contributed by atoms with Gasteiger partial charge in [0.15, 0.2) is 0 Å². The molecule has 25 heavy (non-hydrogen) atoms. The van der Waals surface area contributed by atoms with Crippen LogP contribution in [0.3, 0.4) is 0 Å². The van der Waals surface area contributed by atoms with Crippen molar-refractivity contribution in [2.45, 2.75) is 38.6 Å². The van der Waals surface area contributed by atoms with E-state index >= 15 is 0 Å². The highest BCUT2D eigenvalue weighted by molar-refractivity contribution is 5.85. The zero-order chi connectivity index (χ0) is 16.9. The van der Waals surface area contributed by atoms with Crippen LogP contribution in [0.15, 0.2) is 24.3 Å². The molecule has 0 spiro atoms. The molecule has 2 saturated heterocycles. The third-order valence-corrected chi connectivity index (χ3v) is 5.04. The van der Waals surface area contributed by atoms with E-state index < -0.39 is 0 Å². The lowest BCUT2D eigenvalue weighted by atomic mass is 10.1. The van der Waals surface area contributed by atoms with E-state index in [1.165, 1.54) is 12.0 Å². The van der Waals surface area contributed by atoms with Crippen molar-refractivity contribution in [3.8, 4) is 0 Å². The Morgan fingerprint density at radius 2 is 1.64 bits per heavy atom. The smallest absolute Gasteiger partial charge is 0.227 e. The summed E-state index contributed by atoms with van der Waals surface area (Å²) in [4.78, 5) is 28.6. The average Bonchev–Trinajstić information content (AvgIpc) is 3.10. The second kappa shape index (κ2) is 9.20. The standard InChI is InChI=1S/C19H27N3O2.ClH/c1-15-4-6-16(7-5-15)13-18(23)21-9-11-22(12-10-21)19(24)14-17-3-2-8-20-17;/h4-7,17,20H,2-3,8-14H2,1H3;1H. The number of nitrogens with one attached hydrogen (secondary N) is 1. The number of hydrogen-bond donors (Lipinski definition) is 1. The van der Waals surface area contributed by atoms with Crippen LogP contribution in [0, 0.1) is 6.92 Å². The molecule has 1 atom stereocenters. The topological polar surface area (TPSA) is 52.7 Å². The van der Waals surface area contributed by atoms with Gasteiger partial charge in [0.05, 0.1) is 6.42 Å². The largest absolute Gasteiger partial charge is 0.339 e. The lowest BCUT2D eigenvalue weighted by molar-refractivity contribution is -0.139. The van der Waals surface area contributed by atoms with Gasteiger partial charge in [-0.15, -0.1) is 12.4 Å². The van der Waals surface area contributed by atoms with E-state index in [1.807, 2.05) is 41.0 Å². The molecule has 138 valence electrons. The second-order valence-corrected chi connectivity index (χ2v) is 6.92. The molecule has 5 nitrogen and oxygen atoms in total. The van der Waals surface area contributed by atoms with Crippen LogP contribution in [0.1, 0.15) is 30.4 Å². The Kier molecular flexibility index (Phi) is 7.26. The molecule has 1 N–H and O–H groups in total. The summed E-state index contributed by atoms with van der Waals surface area (Å²) in [5.74, 6) is 0.378. The molecule has 1 unspecified atom stereocenters. The van der Waals surface area contributed by atoms with Crippen molar-refractivity contribution in [1.29, 1.82) is 0 Å². The van der Waals surface area contributed by atoms with Crippen molar-refractivity contribution in [2.24, 2.45) is 0 Å². The molecule has 6 heteroatoms. The third-order valence-electron chi connectivity index (χ3n) is 5.04. The Balaban J connectivity index is 0.00000225. The predicted molar refractivity (Wildman–Crippen MR) is 101 cm³/mol. The average molecular weight is 366 g/mol. The second-order valence-electron chi connectivity index (χ2n) is 6.92. The summed E-state index contributed by atoms with van der Waals surface area (Å²) in [6, 6.07) is 8.45. The fourth-order valence-corrected chi connectivity index (χ4v) is 3.47. The first-order chi connectivity index (χ1) is 11.6. The maximum absolute atomic E-state index is 12.4. The Hall–Kier alpha value is -1.59. The number of carbonyl (C=O) groups is 2. The Morgan fingerprint density at radius 3 is 2.20 bits per heavy atom. The van der Waals surface area contributed by atoms with Crippen molar-refractivity contribution in [3.63, 3.8) is 0 Å². The van der Waals surface area contributed by atoms with Gasteiger partial charge in [0.1, 0.15) is 0 Å². The van der Waals surface area contributed by atoms with Gasteiger partial charge in [0.2, 0.25) is 11.8 Å². The number of nitrogens with zero attached hydrogens (tertiary/aromatic N) is 2. The fraction of sp³-hybridized carbons (Fsp3) is 0.579. The quantitative estimate of drug-likeness (QED) is 0.884. The number of piperazine rings is 1. The summed E-state index contributed by atoms with van der Waals surface area (Å²) in [6.45, 7) is 5.68. The summed E-state index contributed by atoms with van der Waals surface area (Å²) >= 11 is 0. The van der Waals surface area contributed by atoms with Gasteiger partial charge in [-0.05, 0) is 31.9 Å². The van der Waals surface area contributed by atoms with Crippen LogP contribution in [-0.2, 0) is 16.0 Å². The van der Waals surface area contributed by atoms with Crippen LogP contribution in [0.2, 0.25) is 0 Å². The van der Waals surface area contributed by atoms with Crippen molar-refractivity contribution in [3.05, 3.63) is 35.4 Å². The molecule has 0 radical (unpaired) electrons. The highest BCUT2D eigenvalue weighted by Gasteiger charge is 2.26. The molecule has 0 aromatic heterocycles. The first kappa shape index (κ1) is 19.7. The maximum Gasteiger partial charge on any atom is 0.227 e. The summed E-state index contributed by atoms with van der Waals surface area (Å²) in [5, 5.41) is 3.37. The summed E-state index contributed by atoms with van der Waals surface area (Å²) in [6.07, 6.45) is 3.30. The van der Waals surface area contributed by atoms with Crippen LogP contribution >= 0.6 is 12.4 Å². The van der Waals surface area contributed by atoms with Gasteiger partial charge in [-0.25, -0.2) is 0 Å². The molecule has 0 aliphatic carbocycles. The summed E-state index contributed by atoms with van der Waals surface area (Å²) in [5.41, 5.74) is 2.26. The lowest BCUT2D eigenvalue weighted by Crippen LogP contribution is -2.51. The Labute approximate surface area is 156 Å². The monoisotopic (exact) mass is 365 g/mol. The summed E-state index contributed by atoms with van der Waals surface area (Å²) in [7, 11) is 0. The van der Waals surface area contributed by atoms with E-state index in [1.54, 1.807) is 0 Å². The van der Waals surface area contributed by atoms with Crippen molar-refractivity contribution >= 4 is 24.2 Å². The van der Waals surface area contributed by atoms with Crippen LogP contribution in [0.5, 0.6) is 0 Å². The van der Waals surface area contributed by atoms with Crippen LogP contribution in [0.25, 0.3) is 0 Å². The van der Waals surface area contributed by atoms with Crippen LogP contribution < -0.4 is 5.32 Å². The molecule has 1 aromatic carbocycles. The number of benzene rings is 1. The normalized spacial score (nSPS) is 20.3. The maximum atomic E-state index is 12.4. The van der Waals surface area contributed by atoms with Gasteiger partial charge >= 0.3 is 0 Å². The van der Waals surface area contributed by atoms with Crippen molar-refractivity contribution in [2.75, 3.05) is 32.7 Å². The number of rotatable bonds is 4. The Bertz CT molecular complexity index is 577. The Morgan fingerprint density at radius 1 is 1.04 bits per heavy atom. The van der Waals surface area contributed by atoms with E-state index in [0.717, 1.165) is 18.5 Å². The van der Waals surface area contributed by atoms with Gasteiger partial charge in [0, 0.05) is 38.6 Å². The van der Waals surface area contributed by atoms with E-state index in [9.17, 15) is 9.59 Å². The molecular weight excluding hydrogens is 338 g/mol. The van der Waals surface area contributed by atoms with Gasteiger partial charge < -0.3 is 15.1 Å². The summed E-state index contributed by atoms with van der Waals surface area (Å²) < 4.78 is 0.